The zero-order valence-corrected chi connectivity index (χ0v) is 13.3. The van der Waals surface area contributed by atoms with E-state index in [0.717, 1.165) is 17.0 Å². The minimum atomic E-state index is -1.23. The summed E-state index contributed by atoms with van der Waals surface area (Å²) in [5.74, 6) is -5.32. The number of benzene rings is 2. The fourth-order valence-electron chi connectivity index (χ4n) is 2.50. The smallest absolute Gasteiger partial charge is 0.292 e. The lowest BCUT2D eigenvalue weighted by Gasteiger charge is -2.15. The van der Waals surface area contributed by atoms with Crippen LogP contribution in [0.2, 0.25) is 0 Å². The van der Waals surface area contributed by atoms with Gasteiger partial charge in [0.05, 0.1) is 13.1 Å². The maximum absolute atomic E-state index is 13.2. The quantitative estimate of drug-likeness (QED) is 0.466. The molecule has 6 nitrogen and oxygen atoms in total. The number of hydrogen-bond acceptors (Lipinski definition) is 4. The van der Waals surface area contributed by atoms with Crippen molar-refractivity contribution < 1.29 is 28.0 Å². The average Bonchev–Trinajstić information content (AvgIpc) is 2.83. The molecule has 0 N–H and O–H groups in total. The van der Waals surface area contributed by atoms with Crippen molar-refractivity contribution in [3.8, 4) is 0 Å². The number of imide groups is 2. The van der Waals surface area contributed by atoms with E-state index in [2.05, 4.69) is 0 Å². The summed E-state index contributed by atoms with van der Waals surface area (Å²) in [7, 11) is 0. The second kappa shape index (κ2) is 6.83. The number of hydrogen-bond donors (Lipinski definition) is 0. The van der Waals surface area contributed by atoms with Crippen molar-refractivity contribution in [1.29, 1.82) is 0 Å². The molecule has 0 spiro atoms. The van der Waals surface area contributed by atoms with Crippen LogP contribution in [0.3, 0.4) is 0 Å². The summed E-state index contributed by atoms with van der Waals surface area (Å²) in [5, 5.41) is 0. The Labute approximate surface area is 146 Å². The fraction of sp³-hybridized carbons (Fsp3) is 0.111. The van der Waals surface area contributed by atoms with Crippen molar-refractivity contribution in [1.82, 2.24) is 9.80 Å². The molecule has 1 saturated heterocycles. The van der Waals surface area contributed by atoms with Gasteiger partial charge in [-0.25, -0.2) is 18.5 Å². The zero-order valence-electron chi connectivity index (χ0n) is 13.3. The number of halogens is 2. The average molecular weight is 358 g/mol. The third-order valence-corrected chi connectivity index (χ3v) is 3.86. The first-order valence-electron chi connectivity index (χ1n) is 7.58. The third-order valence-electron chi connectivity index (χ3n) is 3.86. The van der Waals surface area contributed by atoms with Crippen molar-refractivity contribution in [2.75, 3.05) is 6.54 Å². The van der Waals surface area contributed by atoms with E-state index < -0.39 is 41.8 Å². The van der Waals surface area contributed by atoms with Crippen LogP contribution in [-0.4, -0.2) is 40.0 Å². The highest BCUT2D eigenvalue weighted by atomic mass is 19.2. The monoisotopic (exact) mass is 358 g/mol. The van der Waals surface area contributed by atoms with Gasteiger partial charge in [-0.1, -0.05) is 30.3 Å². The number of Topliss-reactive ketones (excluding diaryl/α,β-unsaturated/α-hetero) is 1. The van der Waals surface area contributed by atoms with E-state index in [1.165, 1.54) is 0 Å². The number of nitrogens with zero attached hydrogens (tertiary/aromatic N) is 2. The SMILES string of the molecule is O=C(CN1C(=O)C(=O)N(Cc2ccccc2)C1=O)c1ccc(F)c(F)c1. The Morgan fingerprint density at radius 3 is 2.15 bits per heavy atom. The Balaban J connectivity index is 1.76. The van der Waals surface area contributed by atoms with E-state index >= 15 is 0 Å². The van der Waals surface area contributed by atoms with E-state index in [-0.39, 0.29) is 12.1 Å². The Hall–Kier alpha value is -3.42. The molecule has 2 aromatic rings. The number of carbonyl (C=O) groups is 4. The molecule has 2 aromatic carbocycles. The zero-order chi connectivity index (χ0) is 18.8. The Morgan fingerprint density at radius 1 is 0.846 bits per heavy atom. The Morgan fingerprint density at radius 2 is 1.50 bits per heavy atom. The number of amides is 4. The molecular formula is C18H12F2N2O4. The van der Waals surface area contributed by atoms with Gasteiger partial charge < -0.3 is 0 Å². The number of rotatable bonds is 5. The lowest BCUT2D eigenvalue weighted by Crippen LogP contribution is -2.36. The molecule has 3 rings (SSSR count). The van der Waals surface area contributed by atoms with Crippen LogP contribution in [0.15, 0.2) is 48.5 Å². The van der Waals surface area contributed by atoms with Gasteiger partial charge in [0.1, 0.15) is 0 Å². The molecule has 26 heavy (non-hydrogen) atoms. The second-order valence-corrected chi connectivity index (χ2v) is 5.60. The molecular weight excluding hydrogens is 346 g/mol. The van der Waals surface area contributed by atoms with E-state index in [0.29, 0.717) is 16.5 Å². The molecule has 4 amide bonds. The number of urea groups is 1. The minimum absolute atomic E-state index is 0.111. The molecule has 0 radical (unpaired) electrons. The van der Waals surface area contributed by atoms with Crippen molar-refractivity contribution in [2.24, 2.45) is 0 Å². The molecule has 0 atom stereocenters. The molecule has 1 aliphatic heterocycles. The topological polar surface area (TPSA) is 74.8 Å². The lowest BCUT2D eigenvalue weighted by atomic mass is 10.1. The summed E-state index contributed by atoms with van der Waals surface area (Å²) < 4.78 is 26.2. The molecule has 1 fully saturated rings. The second-order valence-electron chi connectivity index (χ2n) is 5.60. The first kappa shape index (κ1) is 17.4. The standard InChI is InChI=1S/C18H12F2N2O4/c19-13-7-6-12(8-14(13)20)15(23)10-22-17(25)16(24)21(18(22)26)9-11-4-2-1-3-5-11/h1-8H,9-10H2. The third kappa shape index (κ3) is 3.21. The molecule has 0 saturated carbocycles. The van der Waals surface area contributed by atoms with Crippen LogP contribution < -0.4 is 0 Å². The van der Waals surface area contributed by atoms with Crippen molar-refractivity contribution in [2.45, 2.75) is 6.54 Å². The highest BCUT2D eigenvalue weighted by molar-refractivity contribution is 6.45. The van der Waals surface area contributed by atoms with Crippen molar-refractivity contribution in [3.63, 3.8) is 0 Å². The summed E-state index contributed by atoms with van der Waals surface area (Å²) in [4.78, 5) is 49.8. The minimum Gasteiger partial charge on any atom is -0.292 e. The van der Waals surface area contributed by atoms with E-state index in [4.69, 9.17) is 0 Å². The summed E-state index contributed by atoms with van der Waals surface area (Å²) in [6.45, 7) is -0.847. The van der Waals surface area contributed by atoms with Crippen molar-refractivity contribution in [3.05, 3.63) is 71.3 Å². The summed E-state index contributed by atoms with van der Waals surface area (Å²) in [6, 6.07) is 10.1. The normalized spacial score (nSPS) is 14.3. The lowest BCUT2D eigenvalue weighted by molar-refractivity contribution is -0.143. The molecule has 1 aliphatic rings. The van der Waals surface area contributed by atoms with Crippen LogP contribution in [0.1, 0.15) is 15.9 Å². The van der Waals surface area contributed by atoms with E-state index in [9.17, 15) is 28.0 Å². The van der Waals surface area contributed by atoms with Gasteiger partial charge in [0.15, 0.2) is 17.4 Å². The number of carbonyl (C=O) groups excluding carboxylic acids is 4. The highest BCUT2D eigenvalue weighted by Gasteiger charge is 2.45. The molecule has 1 heterocycles. The molecule has 0 unspecified atom stereocenters. The number of ketones is 1. The van der Waals surface area contributed by atoms with Crippen molar-refractivity contribution >= 4 is 23.6 Å². The Kier molecular flexibility index (Phi) is 4.57. The maximum Gasteiger partial charge on any atom is 0.334 e. The van der Waals surface area contributed by atoms with Crippen LogP contribution in [0.5, 0.6) is 0 Å². The summed E-state index contributed by atoms with van der Waals surface area (Å²) in [5.41, 5.74) is 0.425. The first-order chi connectivity index (χ1) is 12.4. The highest BCUT2D eigenvalue weighted by Crippen LogP contribution is 2.17. The van der Waals surface area contributed by atoms with Crippen LogP contribution in [0.25, 0.3) is 0 Å². The van der Waals surface area contributed by atoms with Gasteiger partial charge in [-0.05, 0) is 23.8 Å². The van der Waals surface area contributed by atoms with E-state index in [1.807, 2.05) is 0 Å². The molecule has 0 bridgehead atoms. The summed E-state index contributed by atoms with van der Waals surface area (Å²) in [6.07, 6.45) is 0. The predicted molar refractivity (Wildman–Crippen MR) is 84.8 cm³/mol. The molecule has 0 aromatic heterocycles. The molecule has 132 valence electrons. The van der Waals surface area contributed by atoms with Crippen LogP contribution >= 0.6 is 0 Å². The van der Waals surface area contributed by atoms with Crippen LogP contribution in [0.4, 0.5) is 13.6 Å². The van der Waals surface area contributed by atoms with Crippen LogP contribution in [-0.2, 0) is 16.1 Å². The maximum atomic E-state index is 13.2. The van der Waals surface area contributed by atoms with Gasteiger partial charge in [-0.2, -0.15) is 0 Å². The largest absolute Gasteiger partial charge is 0.334 e. The molecule has 8 heteroatoms. The molecule has 0 aliphatic carbocycles. The van der Waals surface area contributed by atoms with Gasteiger partial charge in [0, 0.05) is 5.56 Å². The Bertz CT molecular complexity index is 915. The van der Waals surface area contributed by atoms with E-state index in [1.54, 1.807) is 30.3 Å². The van der Waals surface area contributed by atoms with Gasteiger partial charge in [-0.15, -0.1) is 0 Å². The van der Waals surface area contributed by atoms with Gasteiger partial charge in [0.2, 0.25) is 0 Å². The van der Waals surface area contributed by atoms with Crippen LogP contribution in [0, 0.1) is 11.6 Å². The van der Waals surface area contributed by atoms with Gasteiger partial charge in [0.25, 0.3) is 0 Å². The predicted octanol–water partition coefficient (Wildman–Crippen LogP) is 2.14. The van der Waals surface area contributed by atoms with Gasteiger partial charge in [-0.3, -0.25) is 19.3 Å². The first-order valence-corrected chi connectivity index (χ1v) is 7.58. The summed E-state index contributed by atoms with van der Waals surface area (Å²) >= 11 is 0. The fourth-order valence-corrected chi connectivity index (χ4v) is 2.50. The van der Waals surface area contributed by atoms with Gasteiger partial charge >= 0.3 is 17.8 Å².